The second kappa shape index (κ2) is 6.54. The summed E-state index contributed by atoms with van der Waals surface area (Å²) >= 11 is 0. The third-order valence-corrected chi connectivity index (χ3v) is 4.26. The van der Waals surface area contributed by atoms with E-state index < -0.39 is 9.84 Å². The number of carbonyl (C=O) groups excluding carboxylic acids is 1. The number of hydrogen-bond donors (Lipinski definition) is 0. The Bertz CT molecular complexity index is 488. The zero-order valence-electron chi connectivity index (χ0n) is 10.7. The van der Waals surface area contributed by atoms with E-state index in [9.17, 15) is 13.2 Å². The van der Waals surface area contributed by atoms with Gasteiger partial charge in [0.2, 0.25) is 0 Å². The van der Waals surface area contributed by atoms with E-state index in [1.165, 1.54) is 6.92 Å². The number of carbonyl (C=O) groups is 1. The van der Waals surface area contributed by atoms with Gasteiger partial charge in [-0.15, -0.1) is 0 Å². The molecule has 0 aliphatic rings. The van der Waals surface area contributed by atoms with Crippen LogP contribution in [0.4, 0.5) is 0 Å². The molecule has 0 saturated carbocycles. The van der Waals surface area contributed by atoms with Crippen molar-refractivity contribution in [1.29, 1.82) is 0 Å². The molecule has 1 aromatic rings. The molecule has 0 aliphatic heterocycles. The minimum absolute atomic E-state index is 0.00734. The highest BCUT2D eigenvalue weighted by atomic mass is 32.2. The van der Waals surface area contributed by atoms with Crippen LogP contribution in [0.5, 0.6) is 5.75 Å². The second-order valence-corrected chi connectivity index (χ2v) is 6.38. The van der Waals surface area contributed by atoms with Gasteiger partial charge in [0.05, 0.1) is 11.5 Å². The van der Waals surface area contributed by atoms with Crippen molar-refractivity contribution in [3.05, 3.63) is 29.8 Å². The predicted octanol–water partition coefficient (Wildman–Crippen LogP) is 2.09. The van der Waals surface area contributed by atoms with Crippen molar-refractivity contribution in [3.63, 3.8) is 0 Å². The van der Waals surface area contributed by atoms with Crippen molar-refractivity contribution in [2.75, 3.05) is 18.1 Å². The lowest BCUT2D eigenvalue weighted by atomic mass is 10.1. The summed E-state index contributed by atoms with van der Waals surface area (Å²) in [5.74, 6) is 0.786. The van der Waals surface area contributed by atoms with Gasteiger partial charge in [-0.2, -0.15) is 0 Å². The molecular weight excluding hydrogens is 252 g/mol. The first-order chi connectivity index (χ1) is 8.44. The van der Waals surface area contributed by atoms with Crippen molar-refractivity contribution in [1.82, 2.24) is 0 Å². The molecule has 0 bridgehead atoms. The van der Waals surface area contributed by atoms with E-state index in [0.717, 1.165) is 0 Å². The Balaban J connectivity index is 2.47. The van der Waals surface area contributed by atoms with E-state index in [4.69, 9.17) is 4.74 Å². The molecule has 0 aliphatic carbocycles. The third-order valence-electron chi connectivity index (χ3n) is 2.44. The van der Waals surface area contributed by atoms with Crippen LogP contribution in [0.25, 0.3) is 0 Å². The van der Waals surface area contributed by atoms with E-state index in [1.807, 2.05) is 6.92 Å². The zero-order valence-corrected chi connectivity index (χ0v) is 11.5. The number of Topliss-reactive ketones (excluding diaryl/α,β-unsaturated/α-hetero) is 1. The van der Waals surface area contributed by atoms with Crippen LogP contribution < -0.4 is 4.74 Å². The lowest BCUT2D eigenvalue weighted by Crippen LogP contribution is -2.16. The lowest BCUT2D eigenvalue weighted by molar-refractivity contribution is 0.101. The zero-order chi connectivity index (χ0) is 13.6. The maximum atomic E-state index is 11.4. The Labute approximate surface area is 108 Å². The highest BCUT2D eigenvalue weighted by Crippen LogP contribution is 2.12. The molecule has 0 heterocycles. The summed E-state index contributed by atoms with van der Waals surface area (Å²) in [6.07, 6.45) is 0.621. The topological polar surface area (TPSA) is 60.4 Å². The van der Waals surface area contributed by atoms with Crippen LogP contribution in [0.3, 0.4) is 0 Å². The smallest absolute Gasteiger partial charge is 0.159 e. The fourth-order valence-corrected chi connectivity index (χ4v) is 2.65. The molecule has 5 heteroatoms. The quantitative estimate of drug-likeness (QED) is 0.712. The van der Waals surface area contributed by atoms with Crippen molar-refractivity contribution < 1.29 is 17.9 Å². The summed E-state index contributed by atoms with van der Waals surface area (Å²) in [6, 6.07) is 6.67. The van der Waals surface area contributed by atoms with Gasteiger partial charge >= 0.3 is 0 Å². The molecule has 0 atom stereocenters. The van der Waals surface area contributed by atoms with E-state index in [-0.39, 0.29) is 23.9 Å². The Kier molecular flexibility index (Phi) is 5.34. The minimum Gasteiger partial charge on any atom is -0.493 e. The van der Waals surface area contributed by atoms with Crippen LogP contribution in [-0.2, 0) is 9.84 Å². The Morgan fingerprint density at radius 1 is 1.17 bits per heavy atom. The first kappa shape index (κ1) is 14.7. The van der Waals surface area contributed by atoms with Gasteiger partial charge in [0.15, 0.2) is 15.6 Å². The number of sulfone groups is 1. The normalized spacial score (nSPS) is 11.2. The van der Waals surface area contributed by atoms with Crippen molar-refractivity contribution in [2.45, 2.75) is 20.3 Å². The maximum absolute atomic E-state index is 11.4. The van der Waals surface area contributed by atoms with Crippen LogP contribution >= 0.6 is 0 Å². The lowest BCUT2D eigenvalue weighted by Gasteiger charge is -2.07. The number of ether oxygens (including phenoxy) is 1. The molecule has 1 rings (SSSR count). The molecule has 0 amide bonds. The third kappa shape index (κ3) is 4.87. The van der Waals surface area contributed by atoms with Gasteiger partial charge in [-0.3, -0.25) is 4.79 Å². The monoisotopic (exact) mass is 270 g/mol. The molecule has 4 nitrogen and oxygen atoms in total. The van der Waals surface area contributed by atoms with Gasteiger partial charge in [-0.05, 0) is 37.6 Å². The number of hydrogen-bond acceptors (Lipinski definition) is 4. The highest BCUT2D eigenvalue weighted by molar-refractivity contribution is 7.91. The van der Waals surface area contributed by atoms with Gasteiger partial charge in [0.25, 0.3) is 0 Å². The SMILES string of the molecule is CCCS(=O)(=O)CCOc1ccc(C(C)=O)cc1. The summed E-state index contributed by atoms with van der Waals surface area (Å²) in [4.78, 5) is 11.1. The van der Waals surface area contributed by atoms with E-state index in [2.05, 4.69) is 0 Å². The van der Waals surface area contributed by atoms with Gasteiger partial charge in [0, 0.05) is 5.56 Å². The van der Waals surface area contributed by atoms with E-state index >= 15 is 0 Å². The minimum atomic E-state index is -3.00. The van der Waals surface area contributed by atoms with E-state index in [0.29, 0.717) is 17.7 Å². The number of benzene rings is 1. The van der Waals surface area contributed by atoms with Gasteiger partial charge < -0.3 is 4.74 Å². The van der Waals surface area contributed by atoms with Crippen LogP contribution in [0.15, 0.2) is 24.3 Å². The molecule has 0 spiro atoms. The van der Waals surface area contributed by atoms with Crippen molar-refractivity contribution in [2.24, 2.45) is 0 Å². The number of rotatable bonds is 7. The Morgan fingerprint density at radius 2 is 1.78 bits per heavy atom. The molecule has 0 saturated heterocycles. The first-order valence-corrected chi connectivity index (χ1v) is 7.71. The second-order valence-electron chi connectivity index (χ2n) is 4.08. The molecule has 18 heavy (non-hydrogen) atoms. The highest BCUT2D eigenvalue weighted by Gasteiger charge is 2.09. The Morgan fingerprint density at radius 3 is 2.28 bits per heavy atom. The molecule has 0 radical (unpaired) electrons. The molecule has 100 valence electrons. The van der Waals surface area contributed by atoms with Gasteiger partial charge in [-0.1, -0.05) is 6.92 Å². The Hall–Kier alpha value is -1.36. The van der Waals surface area contributed by atoms with Crippen LogP contribution in [0.1, 0.15) is 30.6 Å². The average Bonchev–Trinajstić information content (AvgIpc) is 2.29. The van der Waals surface area contributed by atoms with Crippen LogP contribution in [-0.4, -0.2) is 32.3 Å². The summed E-state index contributed by atoms with van der Waals surface area (Å²) < 4.78 is 28.2. The van der Waals surface area contributed by atoms with Crippen molar-refractivity contribution in [3.8, 4) is 5.75 Å². The summed E-state index contributed by atoms with van der Waals surface area (Å²) in [5, 5.41) is 0. The molecule has 0 aromatic heterocycles. The summed E-state index contributed by atoms with van der Waals surface area (Å²) in [7, 11) is -3.00. The van der Waals surface area contributed by atoms with Gasteiger partial charge in [-0.25, -0.2) is 8.42 Å². The summed E-state index contributed by atoms with van der Waals surface area (Å²) in [5.41, 5.74) is 0.612. The molecule has 0 fully saturated rings. The summed E-state index contributed by atoms with van der Waals surface area (Å²) in [6.45, 7) is 3.47. The predicted molar refractivity (Wildman–Crippen MR) is 70.9 cm³/mol. The fraction of sp³-hybridized carbons (Fsp3) is 0.462. The molecule has 1 aromatic carbocycles. The van der Waals surface area contributed by atoms with Crippen molar-refractivity contribution >= 4 is 15.6 Å². The first-order valence-electron chi connectivity index (χ1n) is 5.89. The fourth-order valence-electron chi connectivity index (χ4n) is 1.49. The molecule has 0 N–H and O–H groups in total. The average molecular weight is 270 g/mol. The van der Waals surface area contributed by atoms with Crippen LogP contribution in [0.2, 0.25) is 0 Å². The maximum Gasteiger partial charge on any atom is 0.159 e. The largest absolute Gasteiger partial charge is 0.493 e. The molecular formula is C13H18O4S. The van der Waals surface area contributed by atoms with E-state index in [1.54, 1.807) is 24.3 Å². The van der Waals surface area contributed by atoms with Crippen LogP contribution in [0, 0.1) is 0 Å². The number of ketones is 1. The van der Waals surface area contributed by atoms with Gasteiger partial charge in [0.1, 0.15) is 12.4 Å². The standard InChI is InChI=1S/C13H18O4S/c1-3-9-18(15,16)10-8-17-13-6-4-12(5-7-13)11(2)14/h4-7H,3,8-10H2,1-2H3. The molecule has 0 unspecified atom stereocenters.